The molecule has 0 saturated heterocycles. The van der Waals surface area contributed by atoms with Crippen molar-refractivity contribution in [3.63, 3.8) is 0 Å². The van der Waals surface area contributed by atoms with Crippen molar-refractivity contribution >= 4 is 23.4 Å². The second-order valence-corrected chi connectivity index (χ2v) is 5.10. The Morgan fingerprint density at radius 2 is 1.89 bits per heavy atom. The zero-order valence-corrected chi connectivity index (χ0v) is 11.3. The molecule has 0 aliphatic rings. The highest BCUT2D eigenvalue weighted by Crippen LogP contribution is 2.17. The number of nitrogens with two attached hydrogens (primary N) is 1. The van der Waals surface area contributed by atoms with Gasteiger partial charge in [0, 0.05) is 17.1 Å². The van der Waals surface area contributed by atoms with Crippen LogP contribution in [0.15, 0.2) is 59.5 Å². The number of benzene rings is 2. The molecule has 0 heterocycles. The molecule has 0 fully saturated rings. The number of carbonyl (C=O) groups is 1. The molecule has 0 bridgehead atoms. The molecule has 0 aliphatic carbocycles. The minimum absolute atomic E-state index is 0.0111. The van der Waals surface area contributed by atoms with Crippen molar-refractivity contribution in [3.8, 4) is 0 Å². The van der Waals surface area contributed by atoms with E-state index in [4.69, 9.17) is 5.73 Å². The van der Waals surface area contributed by atoms with E-state index in [1.807, 2.05) is 54.6 Å². The predicted molar refractivity (Wildman–Crippen MR) is 80.1 cm³/mol. The van der Waals surface area contributed by atoms with Gasteiger partial charge in [0.15, 0.2) is 0 Å². The summed E-state index contributed by atoms with van der Waals surface area (Å²) in [5, 5.41) is 2.87. The quantitative estimate of drug-likeness (QED) is 0.823. The summed E-state index contributed by atoms with van der Waals surface area (Å²) >= 11 is 1.52. The van der Waals surface area contributed by atoms with E-state index in [1.165, 1.54) is 11.8 Å². The first-order chi connectivity index (χ1) is 9.28. The average Bonchev–Trinajstić information content (AvgIpc) is 2.46. The van der Waals surface area contributed by atoms with Crippen LogP contribution in [0.1, 0.15) is 5.56 Å². The Hall–Kier alpha value is -1.78. The van der Waals surface area contributed by atoms with Gasteiger partial charge in [-0.3, -0.25) is 4.79 Å². The first kappa shape index (κ1) is 13.6. The van der Waals surface area contributed by atoms with Gasteiger partial charge >= 0.3 is 0 Å². The van der Waals surface area contributed by atoms with Gasteiger partial charge < -0.3 is 11.1 Å². The number of rotatable bonds is 5. The average molecular weight is 272 g/mol. The van der Waals surface area contributed by atoms with E-state index < -0.39 is 0 Å². The summed E-state index contributed by atoms with van der Waals surface area (Å²) in [6.07, 6.45) is 0. The van der Waals surface area contributed by atoms with Crippen molar-refractivity contribution in [2.75, 3.05) is 11.1 Å². The minimum Gasteiger partial charge on any atom is -0.326 e. The zero-order valence-electron chi connectivity index (χ0n) is 10.5. The Bertz CT molecular complexity index is 543. The van der Waals surface area contributed by atoms with Crippen LogP contribution in [0.4, 0.5) is 5.69 Å². The van der Waals surface area contributed by atoms with Gasteiger partial charge in [0.05, 0.1) is 5.75 Å². The topological polar surface area (TPSA) is 55.1 Å². The number of nitrogens with one attached hydrogen (secondary N) is 1. The lowest BCUT2D eigenvalue weighted by molar-refractivity contribution is -0.113. The lowest BCUT2D eigenvalue weighted by Crippen LogP contribution is -2.14. The molecule has 4 heteroatoms. The Morgan fingerprint density at radius 3 is 2.63 bits per heavy atom. The normalized spacial score (nSPS) is 10.2. The Morgan fingerprint density at radius 1 is 1.11 bits per heavy atom. The van der Waals surface area contributed by atoms with Gasteiger partial charge in [-0.2, -0.15) is 0 Å². The molecule has 0 radical (unpaired) electrons. The summed E-state index contributed by atoms with van der Waals surface area (Å²) in [7, 11) is 0. The maximum absolute atomic E-state index is 11.8. The third-order valence-electron chi connectivity index (χ3n) is 2.56. The van der Waals surface area contributed by atoms with Crippen LogP contribution in [0.25, 0.3) is 0 Å². The van der Waals surface area contributed by atoms with Crippen molar-refractivity contribution in [1.82, 2.24) is 0 Å². The van der Waals surface area contributed by atoms with Crippen LogP contribution in [0.3, 0.4) is 0 Å². The molecule has 3 N–H and O–H groups in total. The third kappa shape index (κ3) is 4.43. The van der Waals surface area contributed by atoms with Crippen molar-refractivity contribution in [3.05, 3.63) is 60.2 Å². The molecule has 98 valence electrons. The molecule has 19 heavy (non-hydrogen) atoms. The number of carbonyl (C=O) groups excluding carboxylic acids is 1. The summed E-state index contributed by atoms with van der Waals surface area (Å²) in [6.45, 7) is 0.475. The molecule has 3 nitrogen and oxygen atoms in total. The van der Waals surface area contributed by atoms with Crippen molar-refractivity contribution in [2.45, 2.75) is 11.4 Å². The molecular weight excluding hydrogens is 256 g/mol. The first-order valence-electron chi connectivity index (χ1n) is 6.04. The predicted octanol–water partition coefficient (Wildman–Crippen LogP) is 2.88. The molecule has 0 saturated carbocycles. The van der Waals surface area contributed by atoms with E-state index >= 15 is 0 Å². The number of amides is 1. The fourth-order valence-corrected chi connectivity index (χ4v) is 2.36. The molecule has 0 aromatic heterocycles. The summed E-state index contributed by atoms with van der Waals surface area (Å²) in [6, 6.07) is 17.5. The Balaban J connectivity index is 1.87. The molecule has 2 aromatic carbocycles. The van der Waals surface area contributed by atoms with E-state index in [-0.39, 0.29) is 5.91 Å². The molecule has 0 atom stereocenters. The highest BCUT2D eigenvalue weighted by atomic mass is 32.2. The van der Waals surface area contributed by atoms with Crippen LogP contribution >= 0.6 is 11.8 Å². The van der Waals surface area contributed by atoms with Crippen LogP contribution in [0.2, 0.25) is 0 Å². The van der Waals surface area contributed by atoms with E-state index in [2.05, 4.69) is 5.32 Å². The Kier molecular flexibility index (Phi) is 5.01. The first-order valence-corrected chi connectivity index (χ1v) is 7.03. The van der Waals surface area contributed by atoms with Gasteiger partial charge in [-0.25, -0.2) is 0 Å². The molecule has 2 aromatic rings. The largest absolute Gasteiger partial charge is 0.326 e. The smallest absolute Gasteiger partial charge is 0.234 e. The highest BCUT2D eigenvalue weighted by Gasteiger charge is 2.03. The minimum atomic E-state index is -0.0111. The molecule has 0 spiro atoms. The lowest BCUT2D eigenvalue weighted by atomic mass is 10.2. The summed E-state index contributed by atoms with van der Waals surface area (Å²) in [5.41, 5.74) is 7.37. The number of anilines is 1. The maximum atomic E-state index is 11.8. The molecule has 0 unspecified atom stereocenters. The van der Waals surface area contributed by atoms with Gasteiger partial charge in [0.1, 0.15) is 0 Å². The van der Waals surface area contributed by atoms with Crippen molar-refractivity contribution in [1.29, 1.82) is 0 Å². The standard InChI is InChI=1S/C15H16N2OS/c16-10-12-5-4-6-13(9-12)17-15(18)11-19-14-7-2-1-3-8-14/h1-9H,10-11,16H2,(H,17,18). The van der Waals surface area contributed by atoms with E-state index in [0.717, 1.165) is 16.1 Å². The van der Waals surface area contributed by atoms with E-state index in [1.54, 1.807) is 0 Å². The van der Waals surface area contributed by atoms with Gasteiger partial charge in [0.25, 0.3) is 0 Å². The van der Waals surface area contributed by atoms with Gasteiger partial charge in [0.2, 0.25) is 5.91 Å². The summed E-state index contributed by atoms with van der Waals surface area (Å²) < 4.78 is 0. The van der Waals surface area contributed by atoms with Crippen LogP contribution < -0.4 is 11.1 Å². The van der Waals surface area contributed by atoms with E-state index in [0.29, 0.717) is 12.3 Å². The Labute approximate surface area is 117 Å². The van der Waals surface area contributed by atoms with Crippen LogP contribution in [0, 0.1) is 0 Å². The molecule has 2 rings (SSSR count). The number of hydrogen-bond donors (Lipinski definition) is 2. The number of thioether (sulfide) groups is 1. The highest BCUT2D eigenvalue weighted by molar-refractivity contribution is 8.00. The lowest BCUT2D eigenvalue weighted by Gasteiger charge is -2.06. The van der Waals surface area contributed by atoms with Crippen LogP contribution in [-0.4, -0.2) is 11.7 Å². The SMILES string of the molecule is NCc1cccc(NC(=O)CSc2ccccc2)c1. The van der Waals surface area contributed by atoms with Gasteiger partial charge in [-0.15, -0.1) is 11.8 Å². The van der Waals surface area contributed by atoms with Crippen molar-refractivity contribution in [2.24, 2.45) is 5.73 Å². The monoisotopic (exact) mass is 272 g/mol. The second kappa shape index (κ2) is 6.97. The molecule has 0 aliphatic heterocycles. The third-order valence-corrected chi connectivity index (χ3v) is 3.57. The molecular formula is C15H16N2OS. The summed E-state index contributed by atoms with van der Waals surface area (Å²) in [5.74, 6) is 0.389. The van der Waals surface area contributed by atoms with Crippen molar-refractivity contribution < 1.29 is 4.79 Å². The van der Waals surface area contributed by atoms with Gasteiger partial charge in [-0.1, -0.05) is 30.3 Å². The van der Waals surface area contributed by atoms with Crippen LogP contribution in [-0.2, 0) is 11.3 Å². The summed E-state index contributed by atoms with van der Waals surface area (Å²) in [4.78, 5) is 12.9. The van der Waals surface area contributed by atoms with E-state index in [9.17, 15) is 4.79 Å². The number of hydrogen-bond acceptors (Lipinski definition) is 3. The van der Waals surface area contributed by atoms with Gasteiger partial charge in [-0.05, 0) is 29.8 Å². The zero-order chi connectivity index (χ0) is 13.5. The second-order valence-electron chi connectivity index (χ2n) is 4.05. The fraction of sp³-hybridized carbons (Fsp3) is 0.133. The maximum Gasteiger partial charge on any atom is 0.234 e. The fourth-order valence-electron chi connectivity index (χ4n) is 1.64. The van der Waals surface area contributed by atoms with Crippen LogP contribution in [0.5, 0.6) is 0 Å². The molecule has 1 amide bonds.